The summed E-state index contributed by atoms with van der Waals surface area (Å²) in [4.78, 5) is 11.0. The fourth-order valence-corrected chi connectivity index (χ4v) is 1.53. The third-order valence-corrected chi connectivity index (χ3v) is 3.11. The Kier molecular flexibility index (Phi) is 4.29. The summed E-state index contributed by atoms with van der Waals surface area (Å²) in [5.41, 5.74) is 7.92. The molecule has 0 saturated heterocycles. The fraction of sp³-hybridized carbons (Fsp3) is 0.364. The maximum Gasteiger partial charge on any atom is 0.307 e. The topological polar surface area (TPSA) is 52.3 Å². The number of benzene rings is 1. The summed E-state index contributed by atoms with van der Waals surface area (Å²) in [6.45, 7) is 1.98. The van der Waals surface area contributed by atoms with Crippen molar-refractivity contribution < 1.29 is 9.53 Å². The third kappa shape index (κ3) is 3.32. The second-order valence-corrected chi connectivity index (χ2v) is 4.25. The Labute approximate surface area is 97.7 Å². The SMILES string of the molecule is COC(=O)CC(N)c1ccc(Br)c(C)c1. The zero-order valence-electron chi connectivity index (χ0n) is 8.79. The van der Waals surface area contributed by atoms with Crippen molar-refractivity contribution in [2.75, 3.05) is 7.11 Å². The van der Waals surface area contributed by atoms with Crippen molar-refractivity contribution in [1.82, 2.24) is 0 Å². The lowest BCUT2D eigenvalue weighted by molar-refractivity contribution is -0.141. The van der Waals surface area contributed by atoms with E-state index in [9.17, 15) is 4.79 Å². The van der Waals surface area contributed by atoms with Crippen LogP contribution in [0.4, 0.5) is 0 Å². The number of methoxy groups -OCH3 is 1. The van der Waals surface area contributed by atoms with Gasteiger partial charge in [-0.25, -0.2) is 0 Å². The van der Waals surface area contributed by atoms with E-state index in [0.717, 1.165) is 15.6 Å². The van der Waals surface area contributed by atoms with Gasteiger partial charge >= 0.3 is 5.97 Å². The Morgan fingerprint density at radius 2 is 2.27 bits per heavy atom. The second kappa shape index (κ2) is 5.28. The number of halogens is 1. The van der Waals surface area contributed by atoms with Gasteiger partial charge in [0.25, 0.3) is 0 Å². The summed E-state index contributed by atoms with van der Waals surface area (Å²) < 4.78 is 5.61. The van der Waals surface area contributed by atoms with Crippen molar-refractivity contribution >= 4 is 21.9 Å². The molecule has 0 aliphatic heterocycles. The highest BCUT2D eigenvalue weighted by Gasteiger charge is 2.12. The van der Waals surface area contributed by atoms with E-state index in [1.165, 1.54) is 7.11 Å². The molecule has 0 amide bonds. The summed E-state index contributed by atoms with van der Waals surface area (Å²) >= 11 is 3.41. The molecule has 0 spiro atoms. The highest BCUT2D eigenvalue weighted by Crippen LogP contribution is 2.21. The molecule has 0 heterocycles. The predicted molar refractivity (Wildman–Crippen MR) is 62.4 cm³/mol. The number of ether oxygens (including phenoxy) is 1. The van der Waals surface area contributed by atoms with E-state index in [4.69, 9.17) is 5.73 Å². The van der Waals surface area contributed by atoms with E-state index in [1.54, 1.807) is 0 Å². The lowest BCUT2D eigenvalue weighted by Gasteiger charge is -2.11. The van der Waals surface area contributed by atoms with Crippen molar-refractivity contribution in [3.8, 4) is 0 Å². The maximum atomic E-state index is 11.0. The molecule has 0 bridgehead atoms. The van der Waals surface area contributed by atoms with Gasteiger partial charge in [-0.05, 0) is 24.1 Å². The molecular formula is C11H14BrNO2. The monoisotopic (exact) mass is 271 g/mol. The van der Waals surface area contributed by atoms with E-state index in [0.29, 0.717) is 0 Å². The molecule has 15 heavy (non-hydrogen) atoms. The first-order valence-electron chi connectivity index (χ1n) is 4.63. The Bertz CT molecular complexity index is 366. The van der Waals surface area contributed by atoms with E-state index in [-0.39, 0.29) is 18.4 Å². The number of aryl methyl sites for hydroxylation is 1. The number of esters is 1. The van der Waals surface area contributed by atoms with Crippen molar-refractivity contribution in [3.05, 3.63) is 33.8 Å². The number of carbonyl (C=O) groups excluding carboxylic acids is 1. The van der Waals surface area contributed by atoms with Crippen LogP contribution in [0.2, 0.25) is 0 Å². The summed E-state index contributed by atoms with van der Waals surface area (Å²) in [6.07, 6.45) is 0.206. The Hall–Kier alpha value is -0.870. The molecule has 2 N–H and O–H groups in total. The van der Waals surface area contributed by atoms with Crippen molar-refractivity contribution in [1.29, 1.82) is 0 Å². The first-order valence-corrected chi connectivity index (χ1v) is 5.42. The molecule has 1 aromatic rings. The lowest BCUT2D eigenvalue weighted by atomic mass is 10.0. The van der Waals surface area contributed by atoms with Gasteiger partial charge in [0.1, 0.15) is 0 Å². The van der Waals surface area contributed by atoms with Crippen LogP contribution in [0.25, 0.3) is 0 Å². The van der Waals surface area contributed by atoms with Crippen molar-refractivity contribution in [3.63, 3.8) is 0 Å². The number of nitrogens with two attached hydrogens (primary N) is 1. The van der Waals surface area contributed by atoms with Gasteiger partial charge in [-0.2, -0.15) is 0 Å². The van der Waals surface area contributed by atoms with Gasteiger partial charge in [-0.15, -0.1) is 0 Å². The molecule has 1 aromatic carbocycles. The van der Waals surface area contributed by atoms with Crippen LogP contribution in [0.1, 0.15) is 23.6 Å². The number of rotatable bonds is 3. The number of hydrogen-bond acceptors (Lipinski definition) is 3. The smallest absolute Gasteiger partial charge is 0.307 e. The molecule has 0 radical (unpaired) electrons. The van der Waals surface area contributed by atoms with Crippen LogP contribution in [-0.4, -0.2) is 13.1 Å². The molecule has 0 aliphatic carbocycles. The molecular weight excluding hydrogens is 258 g/mol. The predicted octanol–water partition coefficient (Wildman–Crippen LogP) is 2.32. The minimum atomic E-state index is -0.302. The van der Waals surface area contributed by atoms with Crippen LogP contribution in [0.5, 0.6) is 0 Å². The van der Waals surface area contributed by atoms with Gasteiger partial charge in [0.15, 0.2) is 0 Å². The highest BCUT2D eigenvalue weighted by atomic mass is 79.9. The van der Waals surface area contributed by atoms with E-state index >= 15 is 0 Å². The van der Waals surface area contributed by atoms with Crippen LogP contribution >= 0.6 is 15.9 Å². The summed E-state index contributed by atoms with van der Waals surface area (Å²) in [5.74, 6) is -0.289. The average Bonchev–Trinajstić information content (AvgIpc) is 2.21. The van der Waals surface area contributed by atoms with Crippen LogP contribution in [0.15, 0.2) is 22.7 Å². The molecule has 0 saturated carbocycles. The lowest BCUT2D eigenvalue weighted by Crippen LogP contribution is -2.16. The minimum Gasteiger partial charge on any atom is -0.469 e. The average molecular weight is 272 g/mol. The van der Waals surface area contributed by atoms with E-state index in [1.807, 2.05) is 25.1 Å². The summed E-state index contributed by atoms with van der Waals surface area (Å²) in [5, 5.41) is 0. The second-order valence-electron chi connectivity index (χ2n) is 3.40. The molecule has 1 unspecified atom stereocenters. The zero-order chi connectivity index (χ0) is 11.4. The summed E-state index contributed by atoms with van der Waals surface area (Å²) in [6, 6.07) is 5.51. The first kappa shape index (κ1) is 12.2. The van der Waals surface area contributed by atoms with Crippen molar-refractivity contribution in [2.24, 2.45) is 5.73 Å². The highest BCUT2D eigenvalue weighted by molar-refractivity contribution is 9.10. The van der Waals surface area contributed by atoms with Crippen LogP contribution < -0.4 is 5.73 Å². The summed E-state index contributed by atoms with van der Waals surface area (Å²) in [7, 11) is 1.36. The number of carbonyl (C=O) groups is 1. The molecule has 1 atom stereocenters. The Morgan fingerprint density at radius 3 is 2.80 bits per heavy atom. The minimum absolute atomic E-state index is 0.206. The van der Waals surface area contributed by atoms with E-state index < -0.39 is 0 Å². The van der Waals surface area contributed by atoms with Gasteiger partial charge in [-0.1, -0.05) is 28.1 Å². The molecule has 1 rings (SSSR count). The Balaban J connectivity index is 2.78. The number of hydrogen-bond donors (Lipinski definition) is 1. The molecule has 0 aromatic heterocycles. The molecule has 82 valence electrons. The molecule has 4 heteroatoms. The van der Waals surface area contributed by atoms with Crippen LogP contribution in [-0.2, 0) is 9.53 Å². The fourth-order valence-electron chi connectivity index (χ4n) is 1.28. The largest absolute Gasteiger partial charge is 0.469 e. The molecule has 0 fully saturated rings. The van der Waals surface area contributed by atoms with Gasteiger partial charge in [0.05, 0.1) is 13.5 Å². The van der Waals surface area contributed by atoms with Crippen LogP contribution in [0, 0.1) is 6.92 Å². The third-order valence-electron chi connectivity index (χ3n) is 2.22. The standard InChI is InChI=1S/C11H14BrNO2/c1-7-5-8(3-4-9(7)12)10(13)6-11(14)15-2/h3-5,10H,6,13H2,1-2H3. The van der Waals surface area contributed by atoms with Gasteiger partial charge < -0.3 is 10.5 Å². The quantitative estimate of drug-likeness (QED) is 0.859. The van der Waals surface area contributed by atoms with Gasteiger partial charge in [0.2, 0.25) is 0 Å². The van der Waals surface area contributed by atoms with Crippen molar-refractivity contribution in [2.45, 2.75) is 19.4 Å². The van der Waals surface area contributed by atoms with Gasteiger partial charge in [0, 0.05) is 10.5 Å². The van der Waals surface area contributed by atoms with Gasteiger partial charge in [-0.3, -0.25) is 4.79 Å². The zero-order valence-corrected chi connectivity index (χ0v) is 10.4. The van der Waals surface area contributed by atoms with Crippen LogP contribution in [0.3, 0.4) is 0 Å². The first-order chi connectivity index (χ1) is 7.04. The molecule has 3 nitrogen and oxygen atoms in total. The molecule has 0 aliphatic rings. The Morgan fingerprint density at radius 1 is 1.60 bits per heavy atom. The van der Waals surface area contributed by atoms with E-state index in [2.05, 4.69) is 20.7 Å². The normalized spacial score (nSPS) is 12.3. The maximum absolute atomic E-state index is 11.0.